The van der Waals surface area contributed by atoms with Crippen LogP contribution in [0.25, 0.3) is 10.8 Å². The number of aromatic amines is 1. The van der Waals surface area contributed by atoms with E-state index in [9.17, 15) is 4.79 Å². The van der Waals surface area contributed by atoms with E-state index in [0.29, 0.717) is 6.54 Å². The molecule has 1 saturated heterocycles. The molecule has 0 bridgehead atoms. The van der Waals surface area contributed by atoms with Gasteiger partial charge in [-0.25, -0.2) is 4.98 Å². The Morgan fingerprint density at radius 3 is 2.61 bits per heavy atom. The Labute approximate surface area is 166 Å². The van der Waals surface area contributed by atoms with Gasteiger partial charge in [0.05, 0.1) is 12.2 Å². The van der Waals surface area contributed by atoms with Gasteiger partial charge in [0.1, 0.15) is 26.2 Å². The van der Waals surface area contributed by atoms with Crippen LogP contribution in [0.5, 0.6) is 0 Å². The highest BCUT2D eigenvalue weighted by Gasteiger charge is 2.27. The molecule has 1 aliphatic rings. The summed E-state index contributed by atoms with van der Waals surface area (Å²) < 4.78 is 0. The highest BCUT2D eigenvalue weighted by Crippen LogP contribution is 2.23. The molecule has 2 heterocycles. The Balaban J connectivity index is 1.32. The molecular weight excluding hydrogens is 348 g/mol. The summed E-state index contributed by atoms with van der Waals surface area (Å²) in [5, 5.41) is 5.61. The zero-order valence-electron chi connectivity index (χ0n) is 16.3. The molecule has 144 valence electrons. The van der Waals surface area contributed by atoms with Crippen LogP contribution < -0.4 is 20.1 Å². The number of nitrogens with one attached hydrogen (secondary N) is 3. The minimum absolute atomic E-state index is 0.00166. The van der Waals surface area contributed by atoms with Gasteiger partial charge >= 0.3 is 0 Å². The third-order valence-corrected chi connectivity index (χ3v) is 5.58. The molecule has 0 aliphatic carbocycles. The van der Waals surface area contributed by atoms with E-state index in [-0.39, 0.29) is 11.9 Å². The van der Waals surface area contributed by atoms with E-state index in [2.05, 4.69) is 58.5 Å². The van der Waals surface area contributed by atoms with E-state index in [0.717, 1.165) is 32.0 Å². The van der Waals surface area contributed by atoms with Crippen LogP contribution in [0.3, 0.4) is 0 Å². The summed E-state index contributed by atoms with van der Waals surface area (Å²) in [4.78, 5) is 19.6. The first kappa shape index (κ1) is 18.4. The lowest BCUT2D eigenvalue weighted by Crippen LogP contribution is -3.16. The van der Waals surface area contributed by atoms with Crippen molar-refractivity contribution in [3.05, 3.63) is 72.4 Å². The summed E-state index contributed by atoms with van der Waals surface area (Å²) in [7, 11) is 0. The lowest BCUT2D eigenvalue weighted by molar-refractivity contribution is -0.892. The molecule has 1 aromatic heterocycles. The predicted octanol–water partition coefficient (Wildman–Crippen LogP) is 1.24. The van der Waals surface area contributed by atoms with Crippen LogP contribution in [0.1, 0.15) is 18.5 Å². The molecule has 3 aromatic rings. The molecule has 5 nitrogen and oxygen atoms in total. The van der Waals surface area contributed by atoms with Crippen LogP contribution in [0.2, 0.25) is 0 Å². The zero-order chi connectivity index (χ0) is 19.3. The normalized spacial score (nSPS) is 16.1. The highest BCUT2D eigenvalue weighted by molar-refractivity contribution is 5.87. The maximum absolute atomic E-state index is 12.6. The second kappa shape index (κ2) is 8.40. The van der Waals surface area contributed by atoms with E-state index in [4.69, 9.17) is 0 Å². The molecule has 28 heavy (non-hydrogen) atoms. The number of quaternary nitrogens is 1. The van der Waals surface area contributed by atoms with Gasteiger partial charge in [0.2, 0.25) is 0 Å². The number of hydrogen-bond acceptors (Lipinski definition) is 2. The van der Waals surface area contributed by atoms with Gasteiger partial charge in [0.25, 0.3) is 11.7 Å². The van der Waals surface area contributed by atoms with Crippen LogP contribution in [0, 0.1) is 0 Å². The fraction of sp³-hybridized carbons (Fsp3) is 0.304. The number of anilines is 1. The zero-order valence-corrected chi connectivity index (χ0v) is 16.3. The number of rotatable bonds is 5. The SMILES string of the molecule is C[C@H](NC(=O)C[NH+]1CCN(c2cccc[nH+]2)CC1)c1cccc2ccccc12. The molecule has 1 amide bonds. The minimum atomic E-state index is -0.00166. The van der Waals surface area contributed by atoms with Gasteiger partial charge in [0, 0.05) is 6.07 Å². The highest BCUT2D eigenvalue weighted by atomic mass is 16.2. The number of fused-ring (bicyclic) bond motifs is 1. The average Bonchev–Trinajstić information content (AvgIpc) is 2.74. The van der Waals surface area contributed by atoms with Crippen molar-refractivity contribution >= 4 is 22.5 Å². The first-order valence-electron chi connectivity index (χ1n) is 10.0. The maximum atomic E-state index is 12.6. The summed E-state index contributed by atoms with van der Waals surface area (Å²) in [6, 6.07) is 20.8. The largest absolute Gasteiger partial charge is 0.345 e. The predicted molar refractivity (Wildman–Crippen MR) is 111 cm³/mol. The molecule has 1 fully saturated rings. The Morgan fingerprint density at radius 1 is 1.07 bits per heavy atom. The first-order valence-corrected chi connectivity index (χ1v) is 10.0. The van der Waals surface area contributed by atoms with Crippen LogP contribution >= 0.6 is 0 Å². The van der Waals surface area contributed by atoms with Crippen molar-refractivity contribution in [2.24, 2.45) is 0 Å². The van der Waals surface area contributed by atoms with E-state index in [1.807, 2.05) is 30.5 Å². The van der Waals surface area contributed by atoms with E-state index < -0.39 is 0 Å². The fourth-order valence-electron chi connectivity index (χ4n) is 4.05. The molecule has 5 heteroatoms. The molecule has 3 N–H and O–H groups in total. The topological polar surface area (TPSA) is 50.9 Å². The Morgan fingerprint density at radius 2 is 1.82 bits per heavy atom. The Kier molecular flexibility index (Phi) is 5.53. The maximum Gasteiger partial charge on any atom is 0.275 e. The number of nitrogens with zero attached hydrogens (tertiary/aromatic N) is 1. The number of carbonyl (C=O) groups is 1. The average molecular weight is 377 g/mol. The second-order valence-electron chi connectivity index (χ2n) is 7.52. The van der Waals surface area contributed by atoms with Gasteiger partial charge in [-0.05, 0) is 29.3 Å². The van der Waals surface area contributed by atoms with Gasteiger partial charge in [0.15, 0.2) is 6.54 Å². The Hall–Kier alpha value is -2.92. The number of amides is 1. The van der Waals surface area contributed by atoms with Crippen LogP contribution in [0.4, 0.5) is 5.82 Å². The van der Waals surface area contributed by atoms with Crippen LogP contribution in [0.15, 0.2) is 66.9 Å². The third kappa shape index (κ3) is 4.15. The van der Waals surface area contributed by atoms with E-state index in [1.165, 1.54) is 21.2 Å². The summed E-state index contributed by atoms with van der Waals surface area (Å²) >= 11 is 0. The van der Waals surface area contributed by atoms with Gasteiger partial charge in [-0.2, -0.15) is 0 Å². The molecule has 1 aliphatic heterocycles. The fourth-order valence-corrected chi connectivity index (χ4v) is 4.05. The van der Waals surface area contributed by atoms with Crippen molar-refractivity contribution < 1.29 is 14.7 Å². The molecule has 2 aromatic carbocycles. The lowest BCUT2D eigenvalue weighted by atomic mass is 10.00. The monoisotopic (exact) mass is 376 g/mol. The molecule has 0 spiro atoms. The molecule has 0 unspecified atom stereocenters. The van der Waals surface area contributed by atoms with Crippen molar-refractivity contribution in [3.8, 4) is 0 Å². The molecule has 0 saturated carbocycles. The van der Waals surface area contributed by atoms with Crippen molar-refractivity contribution in [2.75, 3.05) is 37.6 Å². The Bertz CT molecular complexity index is 930. The number of hydrogen-bond donors (Lipinski definition) is 2. The smallest absolute Gasteiger partial charge is 0.275 e. The molecule has 4 rings (SSSR count). The van der Waals surface area contributed by atoms with Crippen molar-refractivity contribution in [2.45, 2.75) is 13.0 Å². The van der Waals surface area contributed by atoms with E-state index in [1.54, 1.807) is 0 Å². The summed E-state index contributed by atoms with van der Waals surface area (Å²) in [6.07, 6.45) is 1.96. The van der Waals surface area contributed by atoms with Crippen LogP contribution in [-0.2, 0) is 4.79 Å². The minimum Gasteiger partial charge on any atom is -0.345 e. The number of piperazine rings is 1. The van der Waals surface area contributed by atoms with E-state index >= 15 is 0 Å². The number of benzene rings is 2. The number of aromatic nitrogens is 1. The first-order chi connectivity index (χ1) is 13.7. The third-order valence-electron chi connectivity index (χ3n) is 5.58. The molecular formula is C23H28N4O+2. The lowest BCUT2D eigenvalue weighted by Gasteiger charge is -2.28. The second-order valence-corrected chi connectivity index (χ2v) is 7.52. The summed E-state index contributed by atoms with van der Waals surface area (Å²) in [5.41, 5.74) is 1.17. The summed E-state index contributed by atoms with van der Waals surface area (Å²) in [6.45, 7) is 6.46. The van der Waals surface area contributed by atoms with Gasteiger partial charge in [-0.3, -0.25) is 9.69 Å². The van der Waals surface area contributed by atoms with Crippen molar-refractivity contribution in [1.29, 1.82) is 0 Å². The van der Waals surface area contributed by atoms with Crippen LogP contribution in [-0.4, -0.2) is 38.6 Å². The van der Waals surface area contributed by atoms with Gasteiger partial charge in [-0.15, -0.1) is 0 Å². The quantitative estimate of drug-likeness (QED) is 0.704. The number of H-pyrrole nitrogens is 1. The molecule has 1 atom stereocenters. The standard InChI is InChI=1S/C23H26N4O/c1-18(20-10-6-8-19-7-2-3-9-21(19)20)25-23(28)17-26-13-15-27(16-14-26)22-11-4-5-12-24-22/h2-12,18H,13-17H2,1H3,(H,25,28)/p+2/t18-/m0/s1. The number of carbonyl (C=O) groups excluding carboxylic acids is 1. The summed E-state index contributed by atoms with van der Waals surface area (Å²) in [5.74, 6) is 1.27. The van der Waals surface area contributed by atoms with Gasteiger partial charge < -0.3 is 10.2 Å². The molecule has 0 radical (unpaired) electrons. The van der Waals surface area contributed by atoms with Crippen molar-refractivity contribution in [3.63, 3.8) is 0 Å². The van der Waals surface area contributed by atoms with Crippen molar-refractivity contribution in [1.82, 2.24) is 5.32 Å². The van der Waals surface area contributed by atoms with Gasteiger partial charge in [-0.1, -0.05) is 48.5 Å². The number of pyridine rings is 1.